The van der Waals surface area contributed by atoms with Gasteiger partial charge >= 0.3 is 11.7 Å². The Hall–Kier alpha value is -2.80. The average molecular weight is 418 g/mol. The minimum absolute atomic E-state index is 0.165. The number of nitrogens with zero attached hydrogens (tertiary/aromatic N) is 2. The molecule has 7 nitrogen and oxygen atoms in total. The smallest absolute Gasteiger partial charge is 0.332 e. The number of nitrogens with one attached hydrogen (secondary N) is 1. The third-order valence-corrected chi connectivity index (χ3v) is 5.29. The quantitative estimate of drug-likeness (QED) is 0.773. The monoisotopic (exact) mass is 417 g/mol. The van der Waals surface area contributed by atoms with Crippen molar-refractivity contribution >= 4 is 23.4 Å². The molecule has 0 amide bonds. The number of aromatic nitrogens is 2. The molecule has 2 heterocycles. The second-order valence-corrected chi connectivity index (χ2v) is 8.09. The van der Waals surface area contributed by atoms with Crippen LogP contribution in [-0.4, -0.2) is 21.7 Å². The number of carbonyl (C=O) groups excluding carboxylic acids is 1. The SMILES string of the molecule is C=C1Nc2c(c(=O)n(C)c(=O)n2C)[C@H](c2ccc(Cl)cc2)[C@@H]1C(=O)OCC(C)C. The zero-order valence-corrected chi connectivity index (χ0v) is 17.6. The summed E-state index contributed by atoms with van der Waals surface area (Å²) in [6.45, 7) is 8.14. The number of hydrogen-bond donors (Lipinski definition) is 1. The predicted molar refractivity (Wildman–Crippen MR) is 112 cm³/mol. The Bertz CT molecular complexity index is 1080. The van der Waals surface area contributed by atoms with Crippen LogP contribution in [0.5, 0.6) is 0 Å². The Morgan fingerprint density at radius 1 is 1.21 bits per heavy atom. The summed E-state index contributed by atoms with van der Waals surface area (Å²) in [6.07, 6.45) is 0. The van der Waals surface area contributed by atoms with Crippen molar-refractivity contribution in [1.82, 2.24) is 9.13 Å². The molecule has 0 saturated carbocycles. The van der Waals surface area contributed by atoms with Crippen LogP contribution in [0.1, 0.15) is 30.9 Å². The fraction of sp³-hybridized carbons (Fsp3) is 0.381. The van der Waals surface area contributed by atoms with Crippen LogP contribution in [0.2, 0.25) is 5.02 Å². The van der Waals surface area contributed by atoms with Crippen molar-refractivity contribution in [3.8, 4) is 0 Å². The highest BCUT2D eigenvalue weighted by molar-refractivity contribution is 6.30. The summed E-state index contributed by atoms with van der Waals surface area (Å²) in [5.41, 5.74) is 0.459. The maximum atomic E-state index is 13.1. The van der Waals surface area contributed by atoms with Gasteiger partial charge in [-0.1, -0.05) is 44.2 Å². The molecule has 1 N–H and O–H groups in total. The Kier molecular flexibility index (Phi) is 5.71. The van der Waals surface area contributed by atoms with Crippen molar-refractivity contribution in [2.75, 3.05) is 11.9 Å². The number of fused-ring (bicyclic) bond motifs is 1. The number of hydrogen-bond acceptors (Lipinski definition) is 5. The lowest BCUT2D eigenvalue weighted by Gasteiger charge is -2.35. The second-order valence-electron chi connectivity index (χ2n) is 7.65. The lowest BCUT2D eigenvalue weighted by atomic mass is 9.77. The Morgan fingerprint density at radius 2 is 1.83 bits per heavy atom. The van der Waals surface area contributed by atoms with Crippen LogP contribution in [-0.2, 0) is 23.6 Å². The normalized spacial score (nSPS) is 18.3. The van der Waals surface area contributed by atoms with E-state index in [9.17, 15) is 14.4 Å². The maximum absolute atomic E-state index is 13.1. The molecule has 0 spiro atoms. The Balaban J connectivity index is 2.25. The first-order chi connectivity index (χ1) is 13.6. The molecule has 1 aromatic carbocycles. The van der Waals surface area contributed by atoms with E-state index in [0.29, 0.717) is 27.7 Å². The van der Waals surface area contributed by atoms with Gasteiger partial charge in [0, 0.05) is 30.7 Å². The summed E-state index contributed by atoms with van der Waals surface area (Å²) >= 11 is 6.03. The molecule has 154 valence electrons. The highest BCUT2D eigenvalue weighted by Crippen LogP contribution is 2.42. The minimum Gasteiger partial charge on any atom is -0.465 e. The highest BCUT2D eigenvalue weighted by Gasteiger charge is 2.42. The number of rotatable bonds is 4. The van der Waals surface area contributed by atoms with Crippen molar-refractivity contribution in [3.63, 3.8) is 0 Å². The third-order valence-electron chi connectivity index (χ3n) is 5.04. The van der Waals surface area contributed by atoms with Crippen molar-refractivity contribution in [3.05, 3.63) is 73.5 Å². The number of carbonyl (C=O) groups is 1. The number of anilines is 1. The summed E-state index contributed by atoms with van der Waals surface area (Å²) < 4.78 is 7.87. The summed E-state index contributed by atoms with van der Waals surface area (Å²) in [5.74, 6) is -1.47. The molecule has 1 aliphatic heterocycles. The number of benzene rings is 1. The predicted octanol–water partition coefficient (Wildman–Crippen LogP) is 2.62. The van der Waals surface area contributed by atoms with Crippen molar-refractivity contribution in [2.24, 2.45) is 25.9 Å². The number of ether oxygens (including phenoxy) is 1. The standard InChI is InChI=1S/C21H24ClN3O4/c1-11(2)10-29-20(27)15-12(3)23-18-17(19(26)25(5)21(28)24(18)4)16(15)13-6-8-14(22)9-7-13/h6-9,11,15-16,23H,3,10H2,1-2,4-5H3/t15-,16-/m1/s1. The summed E-state index contributed by atoms with van der Waals surface area (Å²) in [6, 6.07) is 6.93. The Morgan fingerprint density at radius 3 is 2.41 bits per heavy atom. The summed E-state index contributed by atoms with van der Waals surface area (Å²) in [5, 5.41) is 3.53. The molecule has 0 radical (unpaired) electrons. The van der Waals surface area contributed by atoms with E-state index >= 15 is 0 Å². The molecule has 0 aliphatic carbocycles. The van der Waals surface area contributed by atoms with Crippen molar-refractivity contribution < 1.29 is 9.53 Å². The molecule has 0 fully saturated rings. The lowest BCUT2D eigenvalue weighted by Crippen LogP contribution is -2.46. The van der Waals surface area contributed by atoms with E-state index in [1.807, 2.05) is 13.8 Å². The molecule has 0 saturated heterocycles. The van der Waals surface area contributed by atoms with Gasteiger partial charge in [0.25, 0.3) is 5.56 Å². The molecule has 0 unspecified atom stereocenters. The van der Waals surface area contributed by atoms with Gasteiger partial charge < -0.3 is 10.1 Å². The maximum Gasteiger partial charge on any atom is 0.332 e. The summed E-state index contributed by atoms with van der Waals surface area (Å²) in [4.78, 5) is 38.5. The van der Waals surface area contributed by atoms with Gasteiger partial charge in [0.2, 0.25) is 0 Å². The molecular formula is C21H24ClN3O4. The first kappa shape index (κ1) is 20.9. The number of esters is 1. The summed E-state index contributed by atoms with van der Waals surface area (Å²) in [7, 11) is 2.98. The van der Waals surface area contributed by atoms with Gasteiger partial charge in [-0.25, -0.2) is 4.79 Å². The van der Waals surface area contributed by atoms with E-state index in [-0.39, 0.29) is 12.5 Å². The van der Waals surface area contributed by atoms with E-state index in [4.69, 9.17) is 16.3 Å². The third kappa shape index (κ3) is 3.74. The molecule has 2 aromatic rings. The van der Waals surface area contributed by atoms with Crippen molar-refractivity contribution in [2.45, 2.75) is 19.8 Å². The van der Waals surface area contributed by atoms with Gasteiger partial charge in [-0.15, -0.1) is 0 Å². The van der Waals surface area contributed by atoms with E-state index in [1.165, 1.54) is 11.6 Å². The topological polar surface area (TPSA) is 82.3 Å². The zero-order chi connectivity index (χ0) is 21.5. The van der Waals surface area contributed by atoms with Gasteiger partial charge in [0.1, 0.15) is 11.7 Å². The van der Waals surface area contributed by atoms with Crippen LogP contribution in [0, 0.1) is 11.8 Å². The molecule has 8 heteroatoms. The largest absolute Gasteiger partial charge is 0.465 e. The minimum atomic E-state index is -0.826. The molecule has 1 aliphatic rings. The van der Waals surface area contributed by atoms with Gasteiger partial charge in [-0.2, -0.15) is 0 Å². The van der Waals surface area contributed by atoms with E-state index in [0.717, 1.165) is 4.57 Å². The van der Waals surface area contributed by atoms with Crippen LogP contribution in [0.25, 0.3) is 0 Å². The fourth-order valence-electron chi connectivity index (χ4n) is 3.55. The first-order valence-electron chi connectivity index (χ1n) is 9.31. The Labute approximate surface area is 173 Å². The van der Waals surface area contributed by atoms with Gasteiger partial charge in [-0.05, 0) is 23.6 Å². The zero-order valence-electron chi connectivity index (χ0n) is 16.9. The molecule has 2 atom stereocenters. The van der Waals surface area contributed by atoms with Crippen LogP contribution >= 0.6 is 11.6 Å². The molecule has 0 bridgehead atoms. The molecule has 1 aromatic heterocycles. The molecule has 29 heavy (non-hydrogen) atoms. The van der Waals surface area contributed by atoms with Gasteiger partial charge in [0.05, 0.1) is 12.2 Å². The van der Waals surface area contributed by atoms with Crippen molar-refractivity contribution in [1.29, 1.82) is 0 Å². The second kappa shape index (κ2) is 7.91. The van der Waals surface area contributed by atoms with Crippen LogP contribution in [0.4, 0.5) is 5.82 Å². The van der Waals surface area contributed by atoms with Gasteiger partial charge in [-0.3, -0.25) is 18.7 Å². The van der Waals surface area contributed by atoms with Crippen LogP contribution in [0.15, 0.2) is 46.1 Å². The van der Waals surface area contributed by atoms with E-state index < -0.39 is 29.1 Å². The lowest BCUT2D eigenvalue weighted by molar-refractivity contribution is -0.148. The molecule has 3 rings (SSSR count). The van der Waals surface area contributed by atoms with E-state index in [1.54, 1.807) is 31.3 Å². The average Bonchev–Trinajstić information content (AvgIpc) is 2.68. The molecular weight excluding hydrogens is 394 g/mol. The first-order valence-corrected chi connectivity index (χ1v) is 9.69. The fourth-order valence-corrected chi connectivity index (χ4v) is 3.67. The van der Waals surface area contributed by atoms with Crippen LogP contribution in [0.3, 0.4) is 0 Å². The van der Waals surface area contributed by atoms with E-state index in [2.05, 4.69) is 11.9 Å². The van der Waals surface area contributed by atoms with Crippen LogP contribution < -0.4 is 16.6 Å². The number of halogens is 1. The highest BCUT2D eigenvalue weighted by atomic mass is 35.5. The van der Waals surface area contributed by atoms with Gasteiger partial charge in [0.15, 0.2) is 0 Å².